The van der Waals surface area contributed by atoms with Gasteiger partial charge in [0.05, 0.1) is 6.04 Å². The van der Waals surface area contributed by atoms with Crippen molar-refractivity contribution >= 4 is 46.4 Å². The predicted molar refractivity (Wildman–Crippen MR) is 138 cm³/mol. The summed E-state index contributed by atoms with van der Waals surface area (Å²) < 4.78 is 0. The molecule has 1 aliphatic heterocycles. The largest absolute Gasteiger partial charge is 0.378 e. The summed E-state index contributed by atoms with van der Waals surface area (Å²) in [6.07, 6.45) is 0.329. The third-order valence-electron chi connectivity index (χ3n) is 5.92. The number of hydrogen-bond donors (Lipinski definition) is 2. The Bertz CT molecular complexity index is 1230. The van der Waals surface area contributed by atoms with Crippen LogP contribution in [0.15, 0.2) is 60.7 Å². The number of benzene rings is 3. The van der Waals surface area contributed by atoms with Gasteiger partial charge < -0.3 is 20.9 Å². The number of halogens is 2. The number of carbonyl (C=O) groups is 2. The lowest BCUT2D eigenvalue weighted by Gasteiger charge is -2.20. The lowest BCUT2D eigenvalue weighted by molar-refractivity contribution is -0.133. The van der Waals surface area contributed by atoms with Gasteiger partial charge in [-0.1, -0.05) is 35.3 Å². The van der Waals surface area contributed by atoms with Gasteiger partial charge in [-0.3, -0.25) is 9.59 Å². The molecule has 0 unspecified atom stereocenters. The van der Waals surface area contributed by atoms with Crippen LogP contribution in [-0.2, 0) is 24.3 Å². The topological polar surface area (TPSA) is 78.7 Å². The van der Waals surface area contributed by atoms with Crippen molar-refractivity contribution < 1.29 is 9.59 Å². The summed E-state index contributed by atoms with van der Waals surface area (Å²) in [6.45, 7) is 0.925. The summed E-state index contributed by atoms with van der Waals surface area (Å²) in [4.78, 5) is 29.3. The van der Waals surface area contributed by atoms with Crippen LogP contribution in [0.4, 0.5) is 11.4 Å². The first-order chi connectivity index (χ1) is 16.2. The molecule has 0 aliphatic carbocycles. The minimum atomic E-state index is -0.711. The molecule has 0 saturated carbocycles. The van der Waals surface area contributed by atoms with Crippen LogP contribution in [0, 0.1) is 0 Å². The van der Waals surface area contributed by atoms with E-state index in [1.807, 2.05) is 49.3 Å². The van der Waals surface area contributed by atoms with E-state index in [1.165, 1.54) is 0 Å². The van der Waals surface area contributed by atoms with Crippen LogP contribution in [0.3, 0.4) is 0 Å². The zero-order valence-electron chi connectivity index (χ0n) is 19.0. The molecule has 0 radical (unpaired) electrons. The summed E-state index contributed by atoms with van der Waals surface area (Å²) in [5, 5.41) is 3.98. The van der Waals surface area contributed by atoms with Crippen molar-refractivity contribution in [2.75, 3.05) is 24.3 Å². The molecule has 3 aromatic carbocycles. The van der Waals surface area contributed by atoms with Crippen LogP contribution >= 0.6 is 23.2 Å². The van der Waals surface area contributed by atoms with Gasteiger partial charge >= 0.3 is 0 Å². The van der Waals surface area contributed by atoms with E-state index >= 15 is 0 Å². The van der Waals surface area contributed by atoms with Crippen molar-refractivity contribution in [3.05, 3.63) is 93.0 Å². The van der Waals surface area contributed by atoms with E-state index in [0.29, 0.717) is 40.8 Å². The van der Waals surface area contributed by atoms with Gasteiger partial charge in [-0.2, -0.15) is 0 Å². The van der Waals surface area contributed by atoms with Crippen LogP contribution in [0.2, 0.25) is 10.0 Å². The summed E-state index contributed by atoms with van der Waals surface area (Å²) in [5.41, 5.74) is 11.3. The highest BCUT2D eigenvalue weighted by molar-refractivity contribution is 6.35. The molecular weight excluding hydrogens is 471 g/mol. The molecule has 1 atom stereocenters. The monoisotopic (exact) mass is 496 g/mol. The molecule has 0 saturated heterocycles. The van der Waals surface area contributed by atoms with E-state index in [-0.39, 0.29) is 11.8 Å². The number of nitrogens with two attached hydrogens (primary N) is 1. The Morgan fingerprint density at radius 1 is 1.00 bits per heavy atom. The second-order valence-corrected chi connectivity index (χ2v) is 9.46. The highest BCUT2D eigenvalue weighted by atomic mass is 35.5. The second kappa shape index (κ2) is 10.1. The summed E-state index contributed by atoms with van der Waals surface area (Å²) in [6, 6.07) is 17.6. The minimum absolute atomic E-state index is 0.145. The first-order valence-corrected chi connectivity index (χ1v) is 11.7. The van der Waals surface area contributed by atoms with Crippen LogP contribution in [0.1, 0.15) is 27.0 Å². The summed E-state index contributed by atoms with van der Waals surface area (Å²) >= 11 is 12.2. The third-order valence-corrected chi connectivity index (χ3v) is 6.50. The maximum Gasteiger partial charge on any atom is 0.255 e. The molecule has 176 valence electrons. The Hall–Kier alpha value is -3.06. The van der Waals surface area contributed by atoms with E-state index in [2.05, 4.69) is 5.32 Å². The van der Waals surface area contributed by atoms with Crippen LogP contribution < -0.4 is 16.0 Å². The lowest BCUT2D eigenvalue weighted by atomic mass is 10.1. The van der Waals surface area contributed by atoms with Crippen molar-refractivity contribution in [2.45, 2.75) is 25.6 Å². The predicted octanol–water partition coefficient (Wildman–Crippen LogP) is 4.72. The molecule has 3 N–H and O–H groups in total. The zero-order valence-corrected chi connectivity index (χ0v) is 20.5. The number of rotatable bonds is 6. The number of nitrogens with zero attached hydrogens (tertiary/aromatic N) is 2. The van der Waals surface area contributed by atoms with Crippen LogP contribution in [-0.4, -0.2) is 36.9 Å². The van der Waals surface area contributed by atoms with Crippen LogP contribution in [0.25, 0.3) is 0 Å². The van der Waals surface area contributed by atoms with Crippen molar-refractivity contribution in [2.24, 2.45) is 5.73 Å². The fourth-order valence-corrected chi connectivity index (χ4v) is 4.47. The standard InChI is InChI=1S/C26H26Cl2N4O2/c1-31(2)22-9-5-16(6-10-22)25(33)30-21-8-4-18-14-32(15-19(18)11-21)26(34)24(29)12-17-3-7-20(27)13-23(17)28/h3-11,13,24H,12,14-15,29H2,1-2H3,(H,30,33)/t24-/m1/s1. The summed E-state index contributed by atoms with van der Waals surface area (Å²) in [7, 11) is 3.90. The molecule has 4 rings (SSSR count). The minimum Gasteiger partial charge on any atom is -0.378 e. The van der Waals surface area contributed by atoms with Gasteiger partial charge in [0.15, 0.2) is 0 Å². The van der Waals surface area contributed by atoms with Crippen molar-refractivity contribution in [1.82, 2.24) is 4.90 Å². The Morgan fingerprint density at radius 3 is 2.38 bits per heavy atom. The van der Waals surface area contributed by atoms with E-state index in [1.54, 1.807) is 35.2 Å². The molecule has 1 aliphatic rings. The van der Waals surface area contributed by atoms with Gasteiger partial charge in [-0.05, 0) is 71.6 Å². The number of hydrogen-bond acceptors (Lipinski definition) is 4. The fraction of sp³-hybridized carbons (Fsp3) is 0.231. The maximum absolute atomic E-state index is 13.0. The molecule has 34 heavy (non-hydrogen) atoms. The SMILES string of the molecule is CN(C)c1ccc(C(=O)Nc2ccc3c(c2)CN(C(=O)[C@H](N)Cc2ccc(Cl)cc2Cl)C3)cc1. The molecular formula is C26H26Cl2N4O2. The van der Waals surface area contributed by atoms with Gasteiger partial charge in [-0.25, -0.2) is 0 Å². The van der Waals surface area contributed by atoms with Crippen molar-refractivity contribution in [3.8, 4) is 0 Å². The van der Waals surface area contributed by atoms with Gasteiger partial charge in [0.1, 0.15) is 0 Å². The van der Waals surface area contributed by atoms with E-state index < -0.39 is 6.04 Å². The highest BCUT2D eigenvalue weighted by Gasteiger charge is 2.28. The average molecular weight is 497 g/mol. The number of amides is 2. The molecule has 3 aromatic rings. The molecule has 6 nitrogen and oxygen atoms in total. The number of nitrogens with one attached hydrogen (secondary N) is 1. The van der Waals surface area contributed by atoms with Crippen molar-refractivity contribution in [1.29, 1.82) is 0 Å². The average Bonchev–Trinajstić information content (AvgIpc) is 3.23. The lowest BCUT2D eigenvalue weighted by Crippen LogP contribution is -2.42. The van der Waals surface area contributed by atoms with E-state index in [4.69, 9.17) is 28.9 Å². The number of fused-ring (bicyclic) bond motifs is 1. The molecule has 8 heteroatoms. The first kappa shape index (κ1) is 24.1. The van der Waals surface area contributed by atoms with Crippen molar-refractivity contribution in [3.63, 3.8) is 0 Å². The first-order valence-electron chi connectivity index (χ1n) is 10.9. The fourth-order valence-electron chi connectivity index (χ4n) is 3.99. The normalized spacial score (nSPS) is 13.4. The molecule has 0 fully saturated rings. The molecule has 2 amide bonds. The molecule has 1 heterocycles. The zero-order chi connectivity index (χ0) is 24.4. The maximum atomic E-state index is 13.0. The van der Waals surface area contributed by atoms with E-state index in [0.717, 1.165) is 22.4 Å². The smallest absolute Gasteiger partial charge is 0.255 e. The Labute approximate surface area is 209 Å². The Morgan fingerprint density at radius 2 is 1.71 bits per heavy atom. The highest BCUT2D eigenvalue weighted by Crippen LogP contribution is 2.28. The third kappa shape index (κ3) is 5.36. The second-order valence-electron chi connectivity index (χ2n) is 8.62. The molecule has 0 spiro atoms. The number of anilines is 2. The Kier molecular flexibility index (Phi) is 7.12. The van der Waals surface area contributed by atoms with Gasteiger partial charge in [0.25, 0.3) is 5.91 Å². The van der Waals surface area contributed by atoms with Gasteiger partial charge in [-0.15, -0.1) is 0 Å². The summed E-state index contributed by atoms with van der Waals surface area (Å²) in [5.74, 6) is -0.327. The molecule has 0 aromatic heterocycles. The number of carbonyl (C=O) groups excluding carboxylic acids is 2. The molecule has 0 bridgehead atoms. The van der Waals surface area contributed by atoms with Crippen LogP contribution in [0.5, 0.6) is 0 Å². The van der Waals surface area contributed by atoms with Gasteiger partial charge in [0.2, 0.25) is 5.91 Å². The Balaban J connectivity index is 1.39. The van der Waals surface area contributed by atoms with E-state index in [9.17, 15) is 9.59 Å². The van der Waals surface area contributed by atoms with Gasteiger partial charge in [0, 0.05) is 54.2 Å². The quantitative estimate of drug-likeness (QED) is 0.517.